The molecule has 1 saturated heterocycles. The maximum absolute atomic E-state index is 6.04. The molecule has 0 unspecified atom stereocenters. The summed E-state index contributed by atoms with van der Waals surface area (Å²) in [7, 11) is 0. The number of rotatable bonds is 9. The van der Waals surface area contributed by atoms with Crippen molar-refractivity contribution >= 4 is 17.3 Å². The number of hydrogen-bond acceptors (Lipinski definition) is 7. The summed E-state index contributed by atoms with van der Waals surface area (Å²) in [6.45, 7) is 8.02. The number of nitrogens with two attached hydrogens (primary N) is 1. The second kappa shape index (κ2) is 10.7. The Morgan fingerprint density at radius 2 is 2.03 bits per heavy atom. The molecule has 2 heterocycles. The maximum Gasteiger partial charge on any atom is 0.227 e. The predicted octanol–water partition coefficient (Wildman–Crippen LogP) is 4.14. The van der Waals surface area contributed by atoms with Gasteiger partial charge in [-0.15, -0.1) is 6.58 Å². The van der Waals surface area contributed by atoms with E-state index < -0.39 is 0 Å². The van der Waals surface area contributed by atoms with Gasteiger partial charge in [0.15, 0.2) is 0 Å². The zero-order valence-corrected chi connectivity index (χ0v) is 18.2. The first-order chi connectivity index (χ1) is 15.8. The van der Waals surface area contributed by atoms with Crippen LogP contribution in [0.1, 0.15) is 12.0 Å². The van der Waals surface area contributed by atoms with Gasteiger partial charge in [-0.3, -0.25) is 0 Å². The van der Waals surface area contributed by atoms with Crippen molar-refractivity contribution in [2.45, 2.75) is 13.0 Å². The molecule has 0 bridgehead atoms. The van der Waals surface area contributed by atoms with Crippen molar-refractivity contribution < 1.29 is 9.47 Å². The Morgan fingerprint density at radius 1 is 1.16 bits per heavy atom. The fourth-order valence-electron chi connectivity index (χ4n) is 3.65. The zero-order valence-electron chi connectivity index (χ0n) is 18.2. The van der Waals surface area contributed by atoms with Gasteiger partial charge in [0, 0.05) is 42.8 Å². The lowest BCUT2D eigenvalue weighted by Crippen LogP contribution is -2.37. The highest BCUT2D eigenvalue weighted by atomic mass is 16.5. The highest BCUT2D eigenvalue weighted by Gasteiger charge is 2.15. The second-order valence-corrected chi connectivity index (χ2v) is 7.49. The molecule has 0 atom stereocenters. The van der Waals surface area contributed by atoms with Crippen LogP contribution in [-0.2, 0) is 11.3 Å². The normalized spacial score (nSPS) is 13.6. The summed E-state index contributed by atoms with van der Waals surface area (Å²) in [5.41, 5.74) is 11.0. The van der Waals surface area contributed by atoms with Crippen molar-refractivity contribution in [3.63, 3.8) is 0 Å². The Bertz CT molecular complexity index is 1050. The van der Waals surface area contributed by atoms with Crippen molar-refractivity contribution in [2.24, 2.45) is 5.73 Å². The van der Waals surface area contributed by atoms with Crippen LogP contribution in [0.5, 0.6) is 5.75 Å². The molecule has 1 aliphatic heterocycles. The lowest BCUT2D eigenvalue weighted by Gasteiger charge is -2.30. The predicted molar refractivity (Wildman–Crippen MR) is 128 cm³/mol. The maximum atomic E-state index is 6.04. The van der Waals surface area contributed by atoms with Crippen LogP contribution in [0, 0.1) is 0 Å². The van der Waals surface area contributed by atoms with Gasteiger partial charge in [0.2, 0.25) is 5.95 Å². The molecule has 1 fully saturated rings. The number of nitrogens with zero attached hydrogens (tertiary/aromatic N) is 3. The Kier molecular flexibility index (Phi) is 7.32. The fourth-order valence-corrected chi connectivity index (χ4v) is 3.65. The van der Waals surface area contributed by atoms with E-state index in [1.165, 1.54) is 0 Å². The van der Waals surface area contributed by atoms with Gasteiger partial charge in [-0.2, -0.15) is 0 Å². The van der Waals surface area contributed by atoms with E-state index in [2.05, 4.69) is 33.9 Å². The minimum absolute atomic E-state index is 0.460. The molecule has 7 nitrogen and oxygen atoms in total. The highest BCUT2D eigenvalue weighted by Crippen LogP contribution is 2.27. The first-order valence-corrected chi connectivity index (χ1v) is 10.9. The van der Waals surface area contributed by atoms with Gasteiger partial charge in [-0.25, -0.2) is 9.97 Å². The van der Waals surface area contributed by atoms with Crippen molar-refractivity contribution in [1.82, 2.24) is 9.97 Å². The molecule has 1 aliphatic rings. The molecule has 32 heavy (non-hydrogen) atoms. The summed E-state index contributed by atoms with van der Waals surface area (Å²) in [6, 6.07) is 16.0. The number of nitrogens with one attached hydrogen (secondary N) is 1. The molecule has 7 heteroatoms. The van der Waals surface area contributed by atoms with Crippen LogP contribution in [0.4, 0.5) is 17.3 Å². The third kappa shape index (κ3) is 5.43. The minimum Gasteiger partial charge on any atom is -0.493 e. The van der Waals surface area contributed by atoms with E-state index in [0.717, 1.165) is 66.7 Å². The number of morpholine rings is 1. The summed E-state index contributed by atoms with van der Waals surface area (Å²) in [4.78, 5) is 11.4. The molecule has 0 saturated carbocycles. The SMILES string of the molecule is C=CCCOc1cccc(-c2ccnc(Nc3ccc(N4CCOCC4)c(CN)c3)n2)c1. The van der Waals surface area contributed by atoms with E-state index in [-0.39, 0.29) is 0 Å². The molecule has 0 spiro atoms. The third-order valence-electron chi connectivity index (χ3n) is 5.28. The summed E-state index contributed by atoms with van der Waals surface area (Å²) in [5.74, 6) is 1.34. The van der Waals surface area contributed by atoms with Gasteiger partial charge < -0.3 is 25.4 Å². The number of aromatic nitrogens is 2. The van der Waals surface area contributed by atoms with Crippen LogP contribution in [0.3, 0.4) is 0 Å². The number of anilines is 3. The average Bonchev–Trinajstić information content (AvgIpc) is 2.85. The van der Waals surface area contributed by atoms with Crippen LogP contribution in [-0.4, -0.2) is 42.9 Å². The van der Waals surface area contributed by atoms with Crippen molar-refractivity contribution in [2.75, 3.05) is 43.1 Å². The highest BCUT2D eigenvalue weighted by molar-refractivity contribution is 5.66. The van der Waals surface area contributed by atoms with Crippen molar-refractivity contribution in [3.05, 3.63) is 72.9 Å². The van der Waals surface area contributed by atoms with E-state index in [4.69, 9.17) is 20.2 Å². The number of benzene rings is 2. The molecule has 0 aliphatic carbocycles. The average molecular weight is 432 g/mol. The number of hydrogen-bond donors (Lipinski definition) is 2. The van der Waals surface area contributed by atoms with E-state index in [9.17, 15) is 0 Å². The Labute approximate surface area is 188 Å². The van der Waals surface area contributed by atoms with Gasteiger partial charge in [0.25, 0.3) is 0 Å². The van der Waals surface area contributed by atoms with Gasteiger partial charge in [-0.1, -0.05) is 18.2 Å². The Morgan fingerprint density at radius 3 is 2.84 bits per heavy atom. The van der Waals surface area contributed by atoms with Gasteiger partial charge in [-0.05, 0) is 48.4 Å². The van der Waals surface area contributed by atoms with Gasteiger partial charge >= 0.3 is 0 Å². The van der Waals surface area contributed by atoms with Crippen molar-refractivity contribution in [1.29, 1.82) is 0 Å². The standard InChI is InChI=1S/C25H29N5O2/c1-2-3-13-32-22-6-4-5-19(17-22)23-9-10-27-25(29-23)28-21-7-8-24(20(16-21)18-26)30-11-14-31-15-12-30/h2,4-10,16-17H,1,3,11-15,18,26H2,(H,27,28,29). The van der Waals surface area contributed by atoms with Gasteiger partial charge in [0.1, 0.15) is 5.75 Å². The summed E-state index contributed by atoms with van der Waals surface area (Å²) >= 11 is 0. The van der Waals surface area contributed by atoms with Crippen LogP contribution < -0.4 is 20.7 Å². The molecule has 1 aromatic heterocycles. The van der Waals surface area contributed by atoms with E-state index in [1.54, 1.807) is 6.20 Å². The molecule has 3 aromatic rings. The molecule has 0 amide bonds. The molecule has 166 valence electrons. The quantitative estimate of drug-likeness (QED) is 0.389. The van der Waals surface area contributed by atoms with E-state index >= 15 is 0 Å². The topological polar surface area (TPSA) is 85.5 Å². The van der Waals surface area contributed by atoms with Crippen LogP contribution in [0.15, 0.2) is 67.4 Å². The molecular weight excluding hydrogens is 402 g/mol. The fraction of sp³-hybridized carbons (Fsp3) is 0.280. The van der Waals surface area contributed by atoms with E-state index in [1.807, 2.05) is 42.5 Å². The number of ether oxygens (including phenoxy) is 2. The van der Waals surface area contributed by atoms with Crippen molar-refractivity contribution in [3.8, 4) is 17.0 Å². The van der Waals surface area contributed by atoms with Crippen LogP contribution in [0.25, 0.3) is 11.3 Å². The van der Waals surface area contributed by atoms with E-state index in [0.29, 0.717) is 19.1 Å². The van der Waals surface area contributed by atoms with Gasteiger partial charge in [0.05, 0.1) is 25.5 Å². The monoisotopic (exact) mass is 431 g/mol. The Balaban J connectivity index is 1.50. The molecule has 3 N–H and O–H groups in total. The zero-order chi connectivity index (χ0) is 22.2. The molecular formula is C25H29N5O2. The van der Waals surface area contributed by atoms with Crippen LogP contribution in [0.2, 0.25) is 0 Å². The summed E-state index contributed by atoms with van der Waals surface area (Å²) in [6.07, 6.45) is 4.40. The molecule has 0 radical (unpaired) electrons. The minimum atomic E-state index is 0.460. The summed E-state index contributed by atoms with van der Waals surface area (Å²) in [5, 5.41) is 3.31. The first-order valence-electron chi connectivity index (χ1n) is 10.9. The first kappa shape index (κ1) is 21.8. The lowest BCUT2D eigenvalue weighted by atomic mass is 10.1. The third-order valence-corrected chi connectivity index (χ3v) is 5.28. The lowest BCUT2D eigenvalue weighted by molar-refractivity contribution is 0.122. The smallest absolute Gasteiger partial charge is 0.227 e. The summed E-state index contributed by atoms with van der Waals surface area (Å²) < 4.78 is 11.2. The molecule has 4 rings (SSSR count). The largest absolute Gasteiger partial charge is 0.493 e. The second-order valence-electron chi connectivity index (χ2n) is 7.49. The molecule has 2 aromatic carbocycles. The van der Waals surface area contributed by atoms with Crippen LogP contribution >= 0.6 is 0 Å². The Hall–Kier alpha value is -3.42.